The van der Waals surface area contributed by atoms with E-state index < -0.39 is 0 Å². The molecule has 0 aliphatic carbocycles. The molecule has 2 saturated heterocycles. The fourth-order valence-electron chi connectivity index (χ4n) is 3.09. The van der Waals surface area contributed by atoms with Crippen molar-refractivity contribution in [3.63, 3.8) is 0 Å². The second-order valence-electron chi connectivity index (χ2n) is 6.01. The molecule has 23 heavy (non-hydrogen) atoms. The summed E-state index contributed by atoms with van der Waals surface area (Å²) in [5, 5.41) is 3.58. The monoisotopic (exact) mass is 334 g/mol. The highest BCUT2D eigenvalue weighted by molar-refractivity contribution is 7.99. The van der Waals surface area contributed by atoms with Crippen LogP contribution < -0.4 is 10.2 Å². The summed E-state index contributed by atoms with van der Waals surface area (Å²) in [6.45, 7) is 4.84. The van der Waals surface area contributed by atoms with Crippen LogP contribution in [0.4, 0.5) is 5.95 Å². The second kappa shape index (κ2) is 8.38. The van der Waals surface area contributed by atoms with Gasteiger partial charge in [-0.05, 0) is 36.3 Å². The van der Waals surface area contributed by atoms with Crippen molar-refractivity contribution in [3.8, 4) is 0 Å². The molecule has 0 aromatic carbocycles. The van der Waals surface area contributed by atoms with Crippen molar-refractivity contribution < 1.29 is 0 Å². The number of hydrogen-bond acceptors (Lipinski definition) is 5. The second-order valence-corrected chi connectivity index (χ2v) is 7.23. The molecule has 3 rings (SSSR count). The molecular formula is C16H26N6S. The molecule has 126 valence electrons. The fourth-order valence-corrected chi connectivity index (χ4v) is 4.30. The van der Waals surface area contributed by atoms with Gasteiger partial charge in [-0.25, -0.2) is 9.97 Å². The molecule has 2 fully saturated rings. The number of hydrogen-bond donors (Lipinski definition) is 1. The maximum atomic E-state index is 4.47. The Hall–Kier alpha value is -1.50. The Morgan fingerprint density at radius 1 is 1.22 bits per heavy atom. The van der Waals surface area contributed by atoms with Gasteiger partial charge in [0, 0.05) is 52.2 Å². The molecule has 2 aliphatic rings. The highest BCUT2D eigenvalue weighted by Crippen LogP contribution is 2.22. The average Bonchev–Trinajstić information content (AvgIpc) is 2.64. The van der Waals surface area contributed by atoms with E-state index in [-0.39, 0.29) is 0 Å². The summed E-state index contributed by atoms with van der Waals surface area (Å²) in [6, 6.07) is 1.86. The molecule has 0 unspecified atom stereocenters. The zero-order valence-corrected chi connectivity index (χ0v) is 14.6. The first-order valence-electron chi connectivity index (χ1n) is 8.42. The Balaban J connectivity index is 1.47. The van der Waals surface area contributed by atoms with Crippen LogP contribution in [0.2, 0.25) is 0 Å². The van der Waals surface area contributed by atoms with Gasteiger partial charge in [0.1, 0.15) is 0 Å². The first-order chi connectivity index (χ1) is 11.4. The van der Waals surface area contributed by atoms with Crippen molar-refractivity contribution in [2.24, 2.45) is 10.9 Å². The number of aromatic nitrogens is 2. The zero-order chi connectivity index (χ0) is 15.9. The van der Waals surface area contributed by atoms with Crippen molar-refractivity contribution in [1.29, 1.82) is 0 Å². The smallest absolute Gasteiger partial charge is 0.225 e. The molecule has 0 bridgehead atoms. The molecule has 3 heterocycles. The van der Waals surface area contributed by atoms with E-state index in [0.717, 1.165) is 50.5 Å². The van der Waals surface area contributed by atoms with Crippen LogP contribution in [0.5, 0.6) is 0 Å². The zero-order valence-electron chi connectivity index (χ0n) is 13.8. The van der Waals surface area contributed by atoms with Gasteiger partial charge in [0.25, 0.3) is 0 Å². The van der Waals surface area contributed by atoms with Crippen molar-refractivity contribution >= 4 is 23.7 Å². The number of thioether (sulfide) groups is 1. The molecule has 0 radical (unpaired) electrons. The van der Waals surface area contributed by atoms with Gasteiger partial charge in [-0.2, -0.15) is 11.8 Å². The lowest BCUT2D eigenvalue weighted by molar-refractivity contribution is 0.363. The number of guanidine groups is 1. The Bertz CT molecular complexity index is 495. The molecule has 7 heteroatoms. The third-order valence-electron chi connectivity index (χ3n) is 4.52. The highest BCUT2D eigenvalue weighted by Gasteiger charge is 2.22. The molecule has 0 spiro atoms. The molecule has 1 aromatic rings. The maximum Gasteiger partial charge on any atom is 0.225 e. The lowest BCUT2D eigenvalue weighted by Crippen LogP contribution is -2.53. The van der Waals surface area contributed by atoms with Gasteiger partial charge in [-0.1, -0.05) is 0 Å². The molecule has 1 aromatic heterocycles. The minimum Gasteiger partial charge on any atom is -0.356 e. The van der Waals surface area contributed by atoms with E-state index in [1.807, 2.05) is 13.1 Å². The summed E-state index contributed by atoms with van der Waals surface area (Å²) in [7, 11) is 1.88. The lowest BCUT2D eigenvalue weighted by atomic mass is 10.0. The third kappa shape index (κ3) is 4.50. The summed E-state index contributed by atoms with van der Waals surface area (Å²) in [4.78, 5) is 17.7. The number of nitrogens with zero attached hydrogens (tertiary/aromatic N) is 5. The van der Waals surface area contributed by atoms with Crippen LogP contribution in [0.25, 0.3) is 0 Å². The Kier molecular flexibility index (Phi) is 5.96. The quantitative estimate of drug-likeness (QED) is 0.665. The number of aliphatic imine (C=N–C) groups is 1. The molecule has 0 saturated carbocycles. The topological polar surface area (TPSA) is 56.7 Å². The van der Waals surface area contributed by atoms with Crippen LogP contribution in [0.3, 0.4) is 0 Å². The molecule has 2 aliphatic heterocycles. The van der Waals surface area contributed by atoms with Gasteiger partial charge >= 0.3 is 0 Å². The summed E-state index contributed by atoms with van der Waals surface area (Å²) in [5.41, 5.74) is 0. The minimum absolute atomic E-state index is 0.798. The van der Waals surface area contributed by atoms with E-state index in [2.05, 4.69) is 41.8 Å². The molecule has 1 N–H and O–H groups in total. The van der Waals surface area contributed by atoms with Gasteiger partial charge in [-0.3, -0.25) is 4.99 Å². The summed E-state index contributed by atoms with van der Waals surface area (Å²) in [5.74, 6) is 5.28. The predicted molar refractivity (Wildman–Crippen MR) is 97.2 cm³/mol. The van der Waals surface area contributed by atoms with E-state index in [1.54, 1.807) is 12.4 Å². The Morgan fingerprint density at radius 3 is 2.57 bits per heavy atom. The largest absolute Gasteiger partial charge is 0.356 e. The average molecular weight is 334 g/mol. The highest BCUT2D eigenvalue weighted by atomic mass is 32.2. The van der Waals surface area contributed by atoms with Crippen LogP contribution in [0.15, 0.2) is 23.5 Å². The SMILES string of the molecule is CN=C(NCC1CCSCC1)N1CCN(c2ncccn2)CC1. The van der Waals surface area contributed by atoms with Gasteiger partial charge in [0.2, 0.25) is 5.95 Å². The van der Waals surface area contributed by atoms with E-state index in [9.17, 15) is 0 Å². The van der Waals surface area contributed by atoms with Crippen LogP contribution in [0.1, 0.15) is 12.8 Å². The fraction of sp³-hybridized carbons (Fsp3) is 0.688. The van der Waals surface area contributed by atoms with E-state index in [1.165, 1.54) is 24.3 Å². The number of anilines is 1. The molecular weight excluding hydrogens is 308 g/mol. The van der Waals surface area contributed by atoms with Gasteiger partial charge < -0.3 is 15.1 Å². The Morgan fingerprint density at radius 2 is 1.91 bits per heavy atom. The van der Waals surface area contributed by atoms with Crippen molar-refractivity contribution in [1.82, 2.24) is 20.2 Å². The normalized spacial score (nSPS) is 20.7. The van der Waals surface area contributed by atoms with Crippen LogP contribution in [0, 0.1) is 5.92 Å². The summed E-state index contributed by atoms with van der Waals surface area (Å²) in [6.07, 6.45) is 6.26. The van der Waals surface area contributed by atoms with Gasteiger partial charge in [0.15, 0.2) is 5.96 Å². The number of piperazine rings is 1. The standard InChI is InChI=1S/C16H26N6S/c1-17-15(20-13-14-3-11-23-12-4-14)21-7-9-22(10-8-21)16-18-5-2-6-19-16/h2,5-6,14H,3-4,7-13H2,1H3,(H,17,20). The first-order valence-corrected chi connectivity index (χ1v) is 9.57. The van der Waals surface area contributed by atoms with Gasteiger partial charge in [-0.15, -0.1) is 0 Å². The van der Waals surface area contributed by atoms with E-state index in [0.29, 0.717) is 0 Å². The summed E-state index contributed by atoms with van der Waals surface area (Å²) >= 11 is 2.08. The van der Waals surface area contributed by atoms with Crippen molar-refractivity contribution in [2.75, 3.05) is 56.2 Å². The first kappa shape index (κ1) is 16.4. The third-order valence-corrected chi connectivity index (χ3v) is 5.56. The number of nitrogens with one attached hydrogen (secondary N) is 1. The maximum absolute atomic E-state index is 4.47. The minimum atomic E-state index is 0.798. The van der Waals surface area contributed by atoms with E-state index in [4.69, 9.17) is 0 Å². The van der Waals surface area contributed by atoms with Crippen molar-refractivity contribution in [2.45, 2.75) is 12.8 Å². The van der Waals surface area contributed by atoms with Crippen LogP contribution in [-0.4, -0.2) is 72.1 Å². The van der Waals surface area contributed by atoms with Crippen LogP contribution >= 0.6 is 11.8 Å². The Labute approximate surface area is 142 Å². The van der Waals surface area contributed by atoms with Gasteiger partial charge in [0.05, 0.1) is 0 Å². The summed E-state index contributed by atoms with van der Waals surface area (Å²) < 4.78 is 0. The molecule has 0 atom stereocenters. The number of rotatable bonds is 3. The predicted octanol–water partition coefficient (Wildman–Crippen LogP) is 1.32. The lowest BCUT2D eigenvalue weighted by Gasteiger charge is -2.37. The molecule has 0 amide bonds. The van der Waals surface area contributed by atoms with Crippen molar-refractivity contribution in [3.05, 3.63) is 18.5 Å². The van der Waals surface area contributed by atoms with E-state index >= 15 is 0 Å². The van der Waals surface area contributed by atoms with Crippen LogP contribution in [-0.2, 0) is 0 Å². The molecule has 6 nitrogen and oxygen atoms in total.